The van der Waals surface area contributed by atoms with Crippen LogP contribution in [-0.2, 0) is 16.4 Å². The van der Waals surface area contributed by atoms with Crippen molar-refractivity contribution in [1.29, 1.82) is 0 Å². The largest absolute Gasteiger partial charge is 0.488 e. The van der Waals surface area contributed by atoms with E-state index in [1.807, 2.05) is 29.3 Å². The highest BCUT2D eigenvalue weighted by molar-refractivity contribution is 14.1. The van der Waals surface area contributed by atoms with Crippen LogP contribution in [0, 0.1) is 3.57 Å². The summed E-state index contributed by atoms with van der Waals surface area (Å²) in [5, 5.41) is 12.2. The molecule has 2 aliphatic heterocycles. The monoisotopic (exact) mass is 559 g/mol. The van der Waals surface area contributed by atoms with E-state index >= 15 is 0 Å². The van der Waals surface area contributed by atoms with Gasteiger partial charge in [-0.05, 0) is 89.0 Å². The maximum atomic E-state index is 11.7. The normalized spacial score (nSPS) is 20.4. The molecule has 32 heavy (non-hydrogen) atoms. The van der Waals surface area contributed by atoms with Gasteiger partial charge in [0.1, 0.15) is 11.9 Å². The van der Waals surface area contributed by atoms with Crippen molar-refractivity contribution >= 4 is 44.0 Å². The number of hydrogen-bond acceptors (Lipinski definition) is 5. The molecule has 0 fully saturated rings. The van der Waals surface area contributed by atoms with Crippen LogP contribution in [0.5, 0.6) is 5.75 Å². The minimum Gasteiger partial charge on any atom is -0.488 e. The lowest BCUT2D eigenvalue weighted by Crippen LogP contribution is -2.43. The van der Waals surface area contributed by atoms with E-state index in [4.69, 9.17) is 15.0 Å². The molecule has 8 heteroatoms. The van der Waals surface area contributed by atoms with E-state index in [1.165, 1.54) is 17.7 Å². The van der Waals surface area contributed by atoms with Crippen molar-refractivity contribution in [2.75, 3.05) is 5.01 Å². The average molecular weight is 559 g/mol. The number of halogens is 1. The highest BCUT2D eigenvalue weighted by Gasteiger charge is 2.38. The smallest absolute Gasteiger partial charge is 0.238 e. The van der Waals surface area contributed by atoms with Gasteiger partial charge >= 0.3 is 0 Å². The molecular formula is C24H22IN3O3S. The Balaban J connectivity index is 1.50. The summed E-state index contributed by atoms with van der Waals surface area (Å²) in [5.74, 6) is 0.927. The summed E-state index contributed by atoms with van der Waals surface area (Å²) in [6.45, 7) is 0. The molecule has 3 aromatic rings. The lowest BCUT2D eigenvalue weighted by molar-refractivity contribution is 0.146. The fourth-order valence-electron chi connectivity index (χ4n) is 4.32. The molecular weight excluding hydrogens is 537 g/mol. The van der Waals surface area contributed by atoms with Crippen LogP contribution in [0.2, 0.25) is 0 Å². The molecule has 2 atom stereocenters. The first-order valence-electron chi connectivity index (χ1n) is 10.4. The molecule has 2 aliphatic rings. The van der Waals surface area contributed by atoms with E-state index in [0.29, 0.717) is 0 Å². The fourth-order valence-corrected chi connectivity index (χ4v) is 5.37. The lowest BCUT2D eigenvalue weighted by Gasteiger charge is -2.34. The summed E-state index contributed by atoms with van der Waals surface area (Å²) >= 11 is 2.31. The third-order valence-electron chi connectivity index (χ3n) is 5.91. The van der Waals surface area contributed by atoms with Crippen LogP contribution in [0.1, 0.15) is 24.0 Å². The number of ether oxygens (including phenoxy) is 1. The van der Waals surface area contributed by atoms with Gasteiger partial charge in [-0.15, -0.1) is 0 Å². The van der Waals surface area contributed by atoms with Gasteiger partial charge in [0, 0.05) is 9.99 Å². The Kier molecular flexibility index (Phi) is 5.68. The van der Waals surface area contributed by atoms with Gasteiger partial charge in [-0.1, -0.05) is 30.3 Å². The Labute approximate surface area is 201 Å². The molecule has 0 amide bonds. The number of hydrogen-bond donors (Lipinski definition) is 1. The quantitative estimate of drug-likeness (QED) is 0.483. The number of anilines is 1. The topological polar surface area (TPSA) is 85.0 Å². The molecule has 0 saturated carbocycles. The van der Waals surface area contributed by atoms with Crippen LogP contribution in [0.15, 0.2) is 82.8 Å². The Morgan fingerprint density at radius 1 is 1.03 bits per heavy atom. The highest BCUT2D eigenvalue weighted by Crippen LogP contribution is 2.36. The van der Waals surface area contributed by atoms with Crippen molar-refractivity contribution in [2.24, 2.45) is 10.2 Å². The summed E-state index contributed by atoms with van der Waals surface area (Å²) in [4.78, 5) is 0.0849. The number of primary sulfonamides is 1. The van der Waals surface area contributed by atoms with Crippen molar-refractivity contribution in [3.63, 3.8) is 0 Å². The molecule has 164 valence electrons. The Morgan fingerprint density at radius 2 is 1.81 bits per heavy atom. The Morgan fingerprint density at radius 3 is 2.56 bits per heavy atom. The molecule has 2 heterocycles. The third kappa shape index (κ3) is 4.26. The van der Waals surface area contributed by atoms with E-state index in [2.05, 4.69) is 46.9 Å². The number of fused-ring (bicyclic) bond motifs is 1. The van der Waals surface area contributed by atoms with Crippen LogP contribution >= 0.6 is 22.6 Å². The van der Waals surface area contributed by atoms with Gasteiger partial charge in [0.05, 0.1) is 22.3 Å². The molecule has 5 rings (SSSR count). The van der Waals surface area contributed by atoms with Crippen molar-refractivity contribution in [2.45, 2.75) is 36.3 Å². The first-order valence-corrected chi connectivity index (χ1v) is 13.0. The fraction of sp³-hybridized carbons (Fsp3) is 0.208. The SMILES string of the molecule is NS(=O)(=O)c1ccc(N2N=C(c3cccc(I)c3)CC2C2CCc3ccccc3O2)cc1. The molecule has 0 bridgehead atoms. The summed E-state index contributed by atoms with van der Waals surface area (Å²) in [6.07, 6.45) is 2.55. The number of benzene rings is 3. The van der Waals surface area contributed by atoms with E-state index in [1.54, 1.807) is 12.1 Å². The zero-order valence-electron chi connectivity index (χ0n) is 17.2. The van der Waals surface area contributed by atoms with Gasteiger partial charge in [-0.3, -0.25) is 5.01 Å². The number of rotatable bonds is 4. The molecule has 6 nitrogen and oxygen atoms in total. The lowest BCUT2D eigenvalue weighted by atomic mass is 9.93. The molecule has 3 aromatic carbocycles. The number of nitrogens with zero attached hydrogens (tertiary/aromatic N) is 2. The van der Waals surface area contributed by atoms with Crippen molar-refractivity contribution in [3.05, 3.63) is 87.5 Å². The predicted molar refractivity (Wildman–Crippen MR) is 134 cm³/mol. The molecule has 2 unspecified atom stereocenters. The first kappa shape index (κ1) is 21.4. The summed E-state index contributed by atoms with van der Waals surface area (Å²) in [5.41, 5.74) is 4.11. The number of aryl methyl sites for hydroxylation is 1. The average Bonchev–Trinajstić information content (AvgIpc) is 3.24. The molecule has 0 aromatic heterocycles. The zero-order chi connectivity index (χ0) is 22.3. The van der Waals surface area contributed by atoms with Crippen LogP contribution in [0.3, 0.4) is 0 Å². The number of para-hydroxylation sites is 1. The van der Waals surface area contributed by atoms with Crippen molar-refractivity contribution < 1.29 is 13.2 Å². The number of hydrazone groups is 1. The molecule has 0 radical (unpaired) electrons. The minimum absolute atomic E-state index is 0.00319. The summed E-state index contributed by atoms with van der Waals surface area (Å²) in [6, 6.07) is 23.0. The van der Waals surface area contributed by atoms with E-state index in [0.717, 1.165) is 45.5 Å². The van der Waals surface area contributed by atoms with Gasteiger partial charge in [0.2, 0.25) is 10.0 Å². The first-order chi connectivity index (χ1) is 15.4. The molecule has 0 saturated heterocycles. The second-order valence-electron chi connectivity index (χ2n) is 8.01. The van der Waals surface area contributed by atoms with Gasteiger partial charge < -0.3 is 4.74 Å². The van der Waals surface area contributed by atoms with Gasteiger partial charge in [0.15, 0.2) is 0 Å². The highest BCUT2D eigenvalue weighted by atomic mass is 127. The van der Waals surface area contributed by atoms with Crippen LogP contribution in [0.4, 0.5) is 5.69 Å². The molecule has 0 aliphatic carbocycles. The van der Waals surface area contributed by atoms with Gasteiger partial charge in [-0.2, -0.15) is 5.10 Å². The van der Waals surface area contributed by atoms with Crippen LogP contribution in [0.25, 0.3) is 0 Å². The molecule has 0 spiro atoms. The maximum Gasteiger partial charge on any atom is 0.238 e. The van der Waals surface area contributed by atoms with Gasteiger partial charge in [-0.25, -0.2) is 13.6 Å². The van der Waals surface area contributed by atoms with Gasteiger partial charge in [0.25, 0.3) is 0 Å². The summed E-state index contributed by atoms with van der Waals surface area (Å²) < 4.78 is 30.9. The van der Waals surface area contributed by atoms with E-state index < -0.39 is 10.0 Å². The van der Waals surface area contributed by atoms with Crippen LogP contribution < -0.4 is 14.9 Å². The second-order valence-corrected chi connectivity index (χ2v) is 10.8. The molecule has 2 N–H and O–H groups in total. The number of nitrogens with two attached hydrogens (primary N) is 1. The van der Waals surface area contributed by atoms with Crippen molar-refractivity contribution in [1.82, 2.24) is 0 Å². The number of sulfonamides is 1. The summed E-state index contributed by atoms with van der Waals surface area (Å²) in [7, 11) is -3.75. The maximum absolute atomic E-state index is 11.7. The van der Waals surface area contributed by atoms with Crippen molar-refractivity contribution in [3.8, 4) is 5.75 Å². The van der Waals surface area contributed by atoms with E-state index in [-0.39, 0.29) is 17.0 Å². The Bertz CT molecular complexity index is 1290. The zero-order valence-corrected chi connectivity index (χ0v) is 20.2. The van der Waals surface area contributed by atoms with E-state index in [9.17, 15) is 8.42 Å². The second kappa shape index (κ2) is 8.49. The Hall–Kier alpha value is -2.43. The van der Waals surface area contributed by atoms with Crippen LogP contribution in [-0.4, -0.2) is 26.3 Å². The minimum atomic E-state index is -3.75. The predicted octanol–water partition coefficient (Wildman–Crippen LogP) is 4.32. The standard InChI is InChI=1S/C24H22IN3O3S/c25-18-6-3-5-17(14-18)21-15-22(24-13-8-16-4-1-2-7-23(16)31-24)28(27-21)19-9-11-20(12-10-19)32(26,29)30/h1-7,9-12,14,22,24H,8,13,15H2,(H2,26,29,30). The third-order valence-corrected chi connectivity index (χ3v) is 7.51.